The van der Waals surface area contributed by atoms with Crippen molar-refractivity contribution in [2.24, 2.45) is 4.99 Å². The molecule has 90 valence electrons. The first-order valence-corrected chi connectivity index (χ1v) is 5.43. The molecular formula is C13H12N4O. The number of aromatic nitrogens is 2. The molecule has 0 spiro atoms. The maximum atomic E-state index is 11.5. The van der Waals surface area contributed by atoms with Crippen LogP contribution in [0.2, 0.25) is 0 Å². The van der Waals surface area contributed by atoms with Crippen molar-refractivity contribution in [3.05, 3.63) is 48.8 Å². The molecule has 18 heavy (non-hydrogen) atoms. The molecule has 0 aliphatic rings. The number of nitrogens with zero attached hydrogens (tertiary/aromatic N) is 4. The second kappa shape index (κ2) is 5.67. The van der Waals surface area contributed by atoms with Crippen molar-refractivity contribution in [3.8, 4) is 0 Å². The minimum absolute atomic E-state index is 0.159. The molecule has 0 bridgehead atoms. The van der Waals surface area contributed by atoms with Gasteiger partial charge in [-0.25, -0.2) is 15.0 Å². The fourth-order valence-electron chi connectivity index (χ4n) is 1.35. The van der Waals surface area contributed by atoms with Gasteiger partial charge in [0.2, 0.25) is 5.91 Å². The lowest BCUT2D eigenvalue weighted by molar-refractivity contribution is -0.115. The normalized spacial score (nSPS) is 10.5. The molecule has 5 nitrogen and oxygen atoms in total. The van der Waals surface area contributed by atoms with Crippen molar-refractivity contribution in [1.29, 1.82) is 0 Å². The number of pyridine rings is 2. The number of aliphatic imine (C=N–C) groups is 1. The van der Waals surface area contributed by atoms with Crippen molar-refractivity contribution < 1.29 is 4.79 Å². The predicted molar refractivity (Wildman–Crippen MR) is 69.8 cm³/mol. The van der Waals surface area contributed by atoms with Crippen LogP contribution in [0.5, 0.6) is 0 Å². The Bertz CT molecular complexity index is 539. The summed E-state index contributed by atoms with van der Waals surface area (Å²) in [5.74, 6) is 0.915. The molecule has 0 aromatic carbocycles. The van der Waals surface area contributed by atoms with Crippen LogP contribution in [-0.2, 0) is 4.79 Å². The van der Waals surface area contributed by atoms with Gasteiger partial charge in [-0.1, -0.05) is 12.1 Å². The molecule has 2 aromatic heterocycles. The number of carbonyl (C=O) groups is 1. The SMILES string of the molecule is CC(=O)N(C=Nc1ccccn1)c1ccccn1. The molecule has 5 heteroatoms. The molecule has 0 atom stereocenters. The lowest BCUT2D eigenvalue weighted by Crippen LogP contribution is -2.27. The highest BCUT2D eigenvalue weighted by Gasteiger charge is 2.09. The largest absolute Gasteiger partial charge is 0.274 e. The molecule has 0 saturated carbocycles. The van der Waals surface area contributed by atoms with Crippen molar-refractivity contribution in [2.75, 3.05) is 4.90 Å². The highest BCUT2D eigenvalue weighted by atomic mass is 16.2. The summed E-state index contributed by atoms with van der Waals surface area (Å²) >= 11 is 0. The van der Waals surface area contributed by atoms with E-state index in [1.165, 1.54) is 18.2 Å². The zero-order chi connectivity index (χ0) is 12.8. The molecule has 1 amide bonds. The Labute approximate surface area is 105 Å². The summed E-state index contributed by atoms with van der Waals surface area (Å²) in [5.41, 5.74) is 0. The Morgan fingerprint density at radius 3 is 2.44 bits per heavy atom. The molecule has 0 aliphatic heterocycles. The van der Waals surface area contributed by atoms with Gasteiger partial charge in [0.25, 0.3) is 0 Å². The summed E-state index contributed by atoms with van der Waals surface area (Å²) in [5, 5.41) is 0. The van der Waals surface area contributed by atoms with Crippen molar-refractivity contribution in [1.82, 2.24) is 9.97 Å². The van der Waals surface area contributed by atoms with Crippen LogP contribution in [-0.4, -0.2) is 22.2 Å². The average molecular weight is 240 g/mol. The fraction of sp³-hybridized carbons (Fsp3) is 0.0769. The number of carbonyl (C=O) groups excluding carboxylic acids is 1. The van der Waals surface area contributed by atoms with Crippen molar-refractivity contribution in [3.63, 3.8) is 0 Å². The Hall–Kier alpha value is -2.56. The Morgan fingerprint density at radius 2 is 1.89 bits per heavy atom. The third-order valence-corrected chi connectivity index (χ3v) is 2.19. The predicted octanol–water partition coefficient (Wildman–Crippen LogP) is 2.19. The molecule has 2 aromatic rings. The molecule has 0 radical (unpaired) electrons. The van der Waals surface area contributed by atoms with E-state index in [0.717, 1.165) is 0 Å². The monoisotopic (exact) mass is 240 g/mol. The number of rotatable bonds is 3. The van der Waals surface area contributed by atoms with E-state index in [0.29, 0.717) is 11.6 Å². The van der Waals surface area contributed by atoms with E-state index in [-0.39, 0.29) is 5.91 Å². The minimum atomic E-state index is -0.159. The van der Waals surface area contributed by atoms with Crippen molar-refractivity contribution >= 4 is 23.9 Å². The molecule has 0 saturated heterocycles. The fourth-order valence-corrected chi connectivity index (χ4v) is 1.35. The summed E-state index contributed by atoms with van der Waals surface area (Å²) in [6, 6.07) is 10.7. The van der Waals surface area contributed by atoms with E-state index in [9.17, 15) is 4.79 Å². The van der Waals surface area contributed by atoms with Crippen LogP contribution >= 0.6 is 0 Å². The van der Waals surface area contributed by atoms with Crippen LogP contribution in [0.25, 0.3) is 0 Å². The van der Waals surface area contributed by atoms with E-state index in [4.69, 9.17) is 0 Å². The second-order valence-electron chi connectivity index (χ2n) is 3.51. The van der Waals surface area contributed by atoms with Crippen LogP contribution in [0.1, 0.15) is 6.92 Å². The molecule has 0 unspecified atom stereocenters. The summed E-state index contributed by atoms with van der Waals surface area (Å²) in [4.78, 5) is 25.2. The molecule has 0 aliphatic carbocycles. The van der Waals surface area contributed by atoms with E-state index >= 15 is 0 Å². The summed E-state index contributed by atoms with van der Waals surface area (Å²) in [6.45, 7) is 1.46. The van der Waals surface area contributed by atoms with Crippen LogP contribution in [0.3, 0.4) is 0 Å². The highest BCUT2D eigenvalue weighted by Crippen LogP contribution is 2.09. The lowest BCUT2D eigenvalue weighted by Gasteiger charge is -2.13. The maximum Gasteiger partial charge on any atom is 0.230 e. The topological polar surface area (TPSA) is 58.5 Å². The van der Waals surface area contributed by atoms with E-state index in [1.807, 2.05) is 12.1 Å². The van der Waals surface area contributed by atoms with Gasteiger partial charge in [0.15, 0.2) is 5.82 Å². The molecule has 2 heterocycles. The number of hydrogen-bond acceptors (Lipinski definition) is 4. The van der Waals surface area contributed by atoms with Gasteiger partial charge in [0.05, 0.1) is 0 Å². The van der Waals surface area contributed by atoms with Crippen LogP contribution in [0.4, 0.5) is 11.6 Å². The Balaban J connectivity index is 2.23. The van der Waals surface area contributed by atoms with E-state index in [1.54, 1.807) is 36.7 Å². The van der Waals surface area contributed by atoms with E-state index in [2.05, 4.69) is 15.0 Å². The minimum Gasteiger partial charge on any atom is -0.274 e. The van der Waals surface area contributed by atoms with Gasteiger partial charge in [-0.05, 0) is 24.3 Å². The zero-order valence-corrected chi connectivity index (χ0v) is 9.89. The second-order valence-corrected chi connectivity index (χ2v) is 3.51. The molecular weight excluding hydrogens is 228 g/mol. The van der Waals surface area contributed by atoms with Crippen LogP contribution < -0.4 is 4.90 Å². The first-order valence-electron chi connectivity index (χ1n) is 5.43. The van der Waals surface area contributed by atoms with Gasteiger partial charge in [-0.15, -0.1) is 0 Å². The molecule has 2 rings (SSSR count). The lowest BCUT2D eigenvalue weighted by atomic mass is 10.4. The van der Waals surface area contributed by atoms with Gasteiger partial charge in [0, 0.05) is 19.3 Å². The first kappa shape index (κ1) is 11.9. The van der Waals surface area contributed by atoms with Crippen molar-refractivity contribution in [2.45, 2.75) is 6.92 Å². The maximum absolute atomic E-state index is 11.5. The van der Waals surface area contributed by atoms with Gasteiger partial charge in [-0.2, -0.15) is 0 Å². The molecule has 0 N–H and O–H groups in total. The van der Waals surface area contributed by atoms with Crippen LogP contribution in [0, 0.1) is 0 Å². The van der Waals surface area contributed by atoms with E-state index < -0.39 is 0 Å². The van der Waals surface area contributed by atoms with Gasteiger partial charge in [0.1, 0.15) is 12.2 Å². The Morgan fingerprint density at radius 1 is 1.17 bits per heavy atom. The third kappa shape index (κ3) is 2.98. The third-order valence-electron chi connectivity index (χ3n) is 2.19. The number of amides is 1. The van der Waals surface area contributed by atoms with Crippen LogP contribution in [0.15, 0.2) is 53.8 Å². The highest BCUT2D eigenvalue weighted by molar-refractivity contribution is 6.06. The van der Waals surface area contributed by atoms with Gasteiger partial charge >= 0.3 is 0 Å². The molecule has 0 fully saturated rings. The summed E-state index contributed by atoms with van der Waals surface area (Å²) in [6.07, 6.45) is 4.69. The average Bonchev–Trinajstić information content (AvgIpc) is 2.41. The smallest absolute Gasteiger partial charge is 0.230 e. The quantitative estimate of drug-likeness (QED) is 0.610. The Kier molecular flexibility index (Phi) is 3.76. The first-order chi connectivity index (χ1) is 8.77. The van der Waals surface area contributed by atoms with Gasteiger partial charge in [-0.3, -0.25) is 9.69 Å². The number of anilines is 1. The summed E-state index contributed by atoms with van der Waals surface area (Å²) < 4.78 is 0. The number of hydrogen-bond donors (Lipinski definition) is 0. The zero-order valence-electron chi connectivity index (χ0n) is 9.89. The summed E-state index contributed by atoms with van der Waals surface area (Å²) in [7, 11) is 0. The standard InChI is InChI=1S/C13H12N4O/c1-11(18)17(13-7-3-5-9-15-13)10-16-12-6-2-4-8-14-12/h2-10H,1H3. The van der Waals surface area contributed by atoms with Gasteiger partial charge < -0.3 is 0 Å².